The van der Waals surface area contributed by atoms with E-state index in [0.717, 1.165) is 20.4 Å². The molecule has 0 fully saturated rings. The predicted molar refractivity (Wildman–Crippen MR) is 154 cm³/mol. The summed E-state index contributed by atoms with van der Waals surface area (Å²) >= 11 is 3.56. The maximum absolute atomic E-state index is 12.6. The van der Waals surface area contributed by atoms with E-state index in [1.54, 1.807) is 44.0 Å². The van der Waals surface area contributed by atoms with Gasteiger partial charge in [-0.1, -0.05) is 31.7 Å². The fraction of sp³-hybridized carbons (Fsp3) is 0.308. The normalized spacial score (nSPS) is 11.1. The average Bonchev–Trinajstić information content (AvgIpc) is 3.24. The number of aromatic nitrogens is 3. The number of rotatable bonds is 11. The molecule has 0 aliphatic rings. The molecule has 0 aliphatic heterocycles. The number of hydrogen-bond acceptors (Lipinski definition) is 7. The van der Waals surface area contributed by atoms with Gasteiger partial charge >= 0.3 is 0 Å². The first-order valence-electron chi connectivity index (χ1n) is 11.5. The Bertz CT molecular complexity index is 1290. The summed E-state index contributed by atoms with van der Waals surface area (Å²) in [4.78, 5) is 24.9. The number of carbonyl (C=O) groups excluding carboxylic acids is 2. The SMILES string of the molecule is COc1ccc(C=CC(=O)NCc2nnc(SCC(=O)Nc3ccc(I)cc3C(C)C)n2C)cc1OC. The molecule has 0 saturated heterocycles. The van der Waals surface area contributed by atoms with Gasteiger partial charge in [0, 0.05) is 22.4 Å². The van der Waals surface area contributed by atoms with E-state index in [1.165, 1.54) is 17.8 Å². The Morgan fingerprint density at radius 2 is 1.86 bits per heavy atom. The molecule has 2 N–H and O–H groups in total. The maximum atomic E-state index is 12.6. The molecule has 9 nitrogen and oxygen atoms in total. The molecule has 2 aromatic carbocycles. The van der Waals surface area contributed by atoms with Crippen LogP contribution in [-0.2, 0) is 23.2 Å². The van der Waals surface area contributed by atoms with Gasteiger partial charge in [-0.2, -0.15) is 0 Å². The van der Waals surface area contributed by atoms with Crippen molar-refractivity contribution in [2.75, 3.05) is 25.3 Å². The van der Waals surface area contributed by atoms with Crippen LogP contribution in [0.5, 0.6) is 11.5 Å². The highest BCUT2D eigenvalue weighted by Crippen LogP contribution is 2.28. The van der Waals surface area contributed by atoms with Crippen LogP contribution in [0.1, 0.15) is 36.7 Å². The van der Waals surface area contributed by atoms with Crippen molar-refractivity contribution < 1.29 is 19.1 Å². The van der Waals surface area contributed by atoms with Crippen LogP contribution < -0.4 is 20.1 Å². The average molecular weight is 636 g/mol. The highest BCUT2D eigenvalue weighted by atomic mass is 127. The largest absolute Gasteiger partial charge is 0.493 e. The molecule has 0 spiro atoms. The molecule has 1 aromatic heterocycles. The number of benzene rings is 2. The summed E-state index contributed by atoms with van der Waals surface area (Å²) in [7, 11) is 4.93. The third-order valence-corrected chi connectivity index (χ3v) is 7.11. The minimum absolute atomic E-state index is 0.119. The maximum Gasteiger partial charge on any atom is 0.244 e. The van der Waals surface area contributed by atoms with Gasteiger partial charge < -0.3 is 24.7 Å². The summed E-state index contributed by atoms with van der Waals surface area (Å²) in [6, 6.07) is 11.4. The summed E-state index contributed by atoms with van der Waals surface area (Å²) in [6.45, 7) is 4.40. The third-order valence-electron chi connectivity index (χ3n) is 5.42. The summed E-state index contributed by atoms with van der Waals surface area (Å²) in [5, 5.41) is 14.7. The molecule has 1 heterocycles. The predicted octanol–water partition coefficient (Wildman–Crippen LogP) is 4.62. The minimum Gasteiger partial charge on any atom is -0.493 e. The van der Waals surface area contributed by atoms with Gasteiger partial charge in [0.2, 0.25) is 11.8 Å². The zero-order chi connectivity index (χ0) is 26.9. The second-order valence-corrected chi connectivity index (χ2v) is 10.5. The second-order valence-electron chi connectivity index (χ2n) is 8.35. The Labute approximate surface area is 234 Å². The molecule has 0 saturated carbocycles. The molecule has 11 heteroatoms. The number of amides is 2. The van der Waals surface area contributed by atoms with E-state index in [1.807, 2.05) is 18.2 Å². The number of carbonyl (C=O) groups is 2. The first kappa shape index (κ1) is 28.5. The molecule has 0 radical (unpaired) electrons. The van der Waals surface area contributed by atoms with Crippen LogP contribution >= 0.6 is 34.4 Å². The minimum atomic E-state index is -0.273. The second kappa shape index (κ2) is 13.5. The van der Waals surface area contributed by atoms with Crippen LogP contribution in [0.25, 0.3) is 6.08 Å². The van der Waals surface area contributed by atoms with Gasteiger partial charge in [-0.3, -0.25) is 9.59 Å². The zero-order valence-corrected chi connectivity index (χ0v) is 24.3. The van der Waals surface area contributed by atoms with E-state index in [9.17, 15) is 9.59 Å². The molecule has 0 bridgehead atoms. The Morgan fingerprint density at radius 3 is 2.57 bits per heavy atom. The van der Waals surface area contributed by atoms with Crippen LogP contribution in [-0.4, -0.2) is 46.6 Å². The summed E-state index contributed by atoms with van der Waals surface area (Å²) in [5.41, 5.74) is 2.72. The molecule has 3 aromatic rings. The molecule has 37 heavy (non-hydrogen) atoms. The summed E-state index contributed by atoms with van der Waals surface area (Å²) in [6.07, 6.45) is 3.12. The number of nitrogens with zero attached hydrogens (tertiary/aromatic N) is 3. The van der Waals surface area contributed by atoms with E-state index in [0.29, 0.717) is 28.4 Å². The lowest BCUT2D eigenvalue weighted by molar-refractivity contribution is -0.116. The molecule has 3 rings (SSSR count). The quantitative estimate of drug-likeness (QED) is 0.180. The summed E-state index contributed by atoms with van der Waals surface area (Å²) < 4.78 is 13.4. The molecule has 0 unspecified atom stereocenters. The molecule has 0 atom stereocenters. The number of hydrogen-bond donors (Lipinski definition) is 2. The van der Waals surface area contributed by atoms with Crippen molar-refractivity contribution in [3.05, 3.63) is 63.0 Å². The smallest absolute Gasteiger partial charge is 0.244 e. The van der Waals surface area contributed by atoms with Crippen molar-refractivity contribution in [3.63, 3.8) is 0 Å². The third kappa shape index (κ3) is 7.96. The molecular formula is C26H30IN5O4S. The van der Waals surface area contributed by atoms with E-state index in [2.05, 4.69) is 63.3 Å². The van der Waals surface area contributed by atoms with Crippen LogP contribution in [0.3, 0.4) is 0 Å². The van der Waals surface area contributed by atoms with Gasteiger partial charge in [-0.05, 0) is 76.0 Å². The monoisotopic (exact) mass is 635 g/mol. The van der Waals surface area contributed by atoms with E-state index in [-0.39, 0.29) is 24.1 Å². The van der Waals surface area contributed by atoms with Gasteiger partial charge in [-0.15, -0.1) is 10.2 Å². The lowest BCUT2D eigenvalue weighted by atomic mass is 10.0. The molecule has 196 valence electrons. The van der Waals surface area contributed by atoms with E-state index < -0.39 is 0 Å². The molecular weight excluding hydrogens is 605 g/mol. The van der Waals surface area contributed by atoms with Crippen LogP contribution in [0, 0.1) is 3.57 Å². The number of methoxy groups -OCH3 is 2. The van der Waals surface area contributed by atoms with Gasteiger partial charge in [0.25, 0.3) is 0 Å². The summed E-state index contributed by atoms with van der Waals surface area (Å²) in [5.74, 6) is 1.87. The standard InChI is InChI=1S/C26H30IN5O4S/c1-16(2)19-13-18(27)8-9-20(19)29-25(34)15-37-26-31-30-23(32(26)3)14-28-24(33)11-7-17-6-10-21(35-4)22(12-17)36-5/h6-13,16H,14-15H2,1-5H3,(H,28,33)(H,29,34). The zero-order valence-electron chi connectivity index (χ0n) is 21.4. The van der Waals surface area contributed by atoms with Crippen molar-refractivity contribution in [2.24, 2.45) is 7.05 Å². The van der Waals surface area contributed by atoms with Gasteiger partial charge in [0.1, 0.15) is 0 Å². The number of nitrogens with one attached hydrogen (secondary N) is 2. The number of thioether (sulfide) groups is 1. The highest BCUT2D eigenvalue weighted by Gasteiger charge is 2.14. The molecule has 2 amide bonds. The number of anilines is 1. The van der Waals surface area contributed by atoms with Gasteiger partial charge in [0.05, 0.1) is 26.5 Å². The Hall–Kier alpha value is -3.06. The number of ether oxygens (including phenoxy) is 2. The first-order chi connectivity index (χ1) is 17.7. The van der Waals surface area contributed by atoms with Crippen molar-refractivity contribution in [1.82, 2.24) is 20.1 Å². The van der Waals surface area contributed by atoms with Crippen molar-refractivity contribution in [2.45, 2.75) is 31.5 Å². The lowest BCUT2D eigenvalue weighted by Crippen LogP contribution is -2.22. The van der Waals surface area contributed by atoms with Crippen molar-refractivity contribution >= 4 is 57.9 Å². The van der Waals surface area contributed by atoms with Gasteiger partial charge in [0.15, 0.2) is 22.5 Å². The fourth-order valence-electron chi connectivity index (χ4n) is 3.42. The highest BCUT2D eigenvalue weighted by molar-refractivity contribution is 14.1. The van der Waals surface area contributed by atoms with Crippen molar-refractivity contribution in [3.8, 4) is 11.5 Å². The first-order valence-corrected chi connectivity index (χ1v) is 13.6. The lowest BCUT2D eigenvalue weighted by Gasteiger charge is -2.14. The topological polar surface area (TPSA) is 107 Å². The molecule has 0 aliphatic carbocycles. The van der Waals surface area contributed by atoms with E-state index >= 15 is 0 Å². The van der Waals surface area contributed by atoms with Crippen molar-refractivity contribution in [1.29, 1.82) is 0 Å². The van der Waals surface area contributed by atoms with Gasteiger partial charge in [-0.25, -0.2) is 0 Å². The Balaban J connectivity index is 1.52. The fourth-order valence-corrected chi connectivity index (χ4v) is 4.66. The Kier molecular flexibility index (Phi) is 10.4. The van der Waals surface area contributed by atoms with Crippen LogP contribution in [0.2, 0.25) is 0 Å². The van der Waals surface area contributed by atoms with E-state index in [4.69, 9.17) is 9.47 Å². The van der Waals surface area contributed by atoms with Crippen LogP contribution in [0.4, 0.5) is 5.69 Å². The van der Waals surface area contributed by atoms with Crippen LogP contribution in [0.15, 0.2) is 47.6 Å². The Morgan fingerprint density at radius 1 is 1.11 bits per heavy atom. The number of halogens is 1.